The standard InChI is InChI=1S/C12H13Cl2N3S/c1-7-16-6-11(18-7)10(17-15)5-8-3-2-4-9(13)12(8)14/h2-4,6,10,17H,5,15H2,1H3. The van der Waals surface area contributed by atoms with Crippen LogP contribution in [0, 0.1) is 6.92 Å². The second-order valence-electron chi connectivity index (χ2n) is 3.92. The Kier molecular flexibility index (Phi) is 4.59. The highest BCUT2D eigenvalue weighted by Gasteiger charge is 2.15. The van der Waals surface area contributed by atoms with Crippen molar-refractivity contribution in [1.82, 2.24) is 10.4 Å². The number of aryl methyl sites for hydroxylation is 1. The molecule has 0 saturated carbocycles. The van der Waals surface area contributed by atoms with Crippen molar-refractivity contribution in [3.63, 3.8) is 0 Å². The minimum absolute atomic E-state index is 0.00725. The van der Waals surface area contributed by atoms with Gasteiger partial charge in [0.15, 0.2) is 0 Å². The van der Waals surface area contributed by atoms with Crippen LogP contribution in [0.3, 0.4) is 0 Å². The maximum atomic E-state index is 6.17. The van der Waals surface area contributed by atoms with Gasteiger partial charge in [-0.15, -0.1) is 11.3 Å². The van der Waals surface area contributed by atoms with Gasteiger partial charge in [0.2, 0.25) is 0 Å². The third-order valence-electron chi connectivity index (χ3n) is 2.64. The number of hydrogen-bond acceptors (Lipinski definition) is 4. The molecule has 0 aliphatic carbocycles. The Labute approximate surface area is 120 Å². The van der Waals surface area contributed by atoms with Crippen molar-refractivity contribution in [1.29, 1.82) is 0 Å². The van der Waals surface area contributed by atoms with Crippen molar-refractivity contribution in [2.75, 3.05) is 0 Å². The molecule has 3 nitrogen and oxygen atoms in total. The zero-order valence-electron chi connectivity index (χ0n) is 9.78. The maximum Gasteiger partial charge on any atom is 0.0897 e. The molecule has 18 heavy (non-hydrogen) atoms. The van der Waals surface area contributed by atoms with E-state index < -0.39 is 0 Å². The van der Waals surface area contributed by atoms with Crippen LogP contribution in [0.2, 0.25) is 10.0 Å². The van der Waals surface area contributed by atoms with Crippen molar-refractivity contribution in [3.8, 4) is 0 Å². The molecule has 0 aliphatic rings. The predicted molar refractivity (Wildman–Crippen MR) is 77.1 cm³/mol. The van der Waals surface area contributed by atoms with Crippen molar-refractivity contribution >= 4 is 34.5 Å². The molecule has 0 spiro atoms. The van der Waals surface area contributed by atoms with Gasteiger partial charge in [-0.3, -0.25) is 11.3 Å². The zero-order valence-corrected chi connectivity index (χ0v) is 12.1. The quantitative estimate of drug-likeness (QED) is 0.671. The van der Waals surface area contributed by atoms with E-state index in [9.17, 15) is 0 Å². The largest absolute Gasteiger partial charge is 0.271 e. The first-order valence-corrected chi connectivity index (χ1v) is 7.00. The summed E-state index contributed by atoms with van der Waals surface area (Å²) in [7, 11) is 0. The number of hydrazine groups is 1. The topological polar surface area (TPSA) is 50.9 Å². The molecule has 6 heteroatoms. The van der Waals surface area contributed by atoms with Gasteiger partial charge in [0.05, 0.1) is 21.1 Å². The van der Waals surface area contributed by atoms with Gasteiger partial charge in [-0.2, -0.15) is 0 Å². The molecule has 1 aromatic heterocycles. The molecule has 3 N–H and O–H groups in total. The SMILES string of the molecule is Cc1ncc(C(Cc2cccc(Cl)c2Cl)NN)s1. The van der Waals surface area contributed by atoms with Gasteiger partial charge in [0, 0.05) is 11.1 Å². The molecule has 0 bridgehead atoms. The summed E-state index contributed by atoms with van der Waals surface area (Å²) in [5.74, 6) is 5.60. The van der Waals surface area contributed by atoms with E-state index in [0.29, 0.717) is 16.5 Å². The lowest BCUT2D eigenvalue weighted by atomic mass is 10.1. The molecule has 1 atom stereocenters. The Balaban J connectivity index is 2.23. The van der Waals surface area contributed by atoms with Crippen LogP contribution in [0.25, 0.3) is 0 Å². The molecule has 1 unspecified atom stereocenters. The van der Waals surface area contributed by atoms with Crippen LogP contribution in [-0.2, 0) is 6.42 Å². The lowest BCUT2D eigenvalue weighted by molar-refractivity contribution is 0.560. The van der Waals surface area contributed by atoms with Gasteiger partial charge >= 0.3 is 0 Å². The monoisotopic (exact) mass is 301 g/mol. The van der Waals surface area contributed by atoms with Crippen LogP contribution in [0.5, 0.6) is 0 Å². The van der Waals surface area contributed by atoms with Gasteiger partial charge in [-0.1, -0.05) is 35.3 Å². The minimum atomic E-state index is -0.00725. The fraction of sp³-hybridized carbons (Fsp3) is 0.250. The summed E-state index contributed by atoms with van der Waals surface area (Å²) in [5, 5.41) is 2.16. The number of thiazole rings is 1. The summed E-state index contributed by atoms with van der Waals surface area (Å²) >= 11 is 13.8. The molecular weight excluding hydrogens is 289 g/mol. The number of hydrogen-bond donors (Lipinski definition) is 2. The first kappa shape index (κ1) is 13.8. The predicted octanol–water partition coefficient (Wildman–Crippen LogP) is 3.51. The van der Waals surface area contributed by atoms with Gasteiger partial charge in [0.1, 0.15) is 0 Å². The van der Waals surface area contributed by atoms with E-state index in [2.05, 4.69) is 10.4 Å². The number of nitrogens with two attached hydrogens (primary N) is 1. The minimum Gasteiger partial charge on any atom is -0.271 e. The average molecular weight is 302 g/mol. The zero-order chi connectivity index (χ0) is 13.1. The summed E-state index contributed by atoms with van der Waals surface area (Å²) in [6, 6.07) is 5.60. The summed E-state index contributed by atoms with van der Waals surface area (Å²) in [5.41, 5.74) is 3.77. The number of nitrogens with one attached hydrogen (secondary N) is 1. The van der Waals surface area contributed by atoms with Gasteiger partial charge in [-0.25, -0.2) is 4.98 Å². The highest BCUT2D eigenvalue weighted by Crippen LogP contribution is 2.30. The molecular formula is C12H13Cl2N3S. The van der Waals surface area contributed by atoms with Crippen LogP contribution >= 0.6 is 34.5 Å². The Morgan fingerprint density at radius 3 is 2.83 bits per heavy atom. The lowest BCUT2D eigenvalue weighted by Gasteiger charge is -2.15. The third kappa shape index (κ3) is 3.02. The second kappa shape index (κ2) is 5.99. The number of nitrogens with zero attached hydrogens (tertiary/aromatic N) is 1. The third-order valence-corrected chi connectivity index (χ3v) is 4.52. The fourth-order valence-electron chi connectivity index (χ4n) is 1.71. The average Bonchev–Trinajstić information content (AvgIpc) is 2.78. The van der Waals surface area contributed by atoms with E-state index in [-0.39, 0.29) is 6.04 Å². The summed E-state index contributed by atoms with van der Waals surface area (Å²) in [6.45, 7) is 1.97. The summed E-state index contributed by atoms with van der Waals surface area (Å²) < 4.78 is 0. The second-order valence-corrected chi connectivity index (χ2v) is 5.97. The Morgan fingerprint density at radius 2 is 2.22 bits per heavy atom. The molecule has 1 heterocycles. The van der Waals surface area contributed by atoms with E-state index >= 15 is 0 Å². The Bertz CT molecular complexity index is 542. The molecule has 0 aliphatic heterocycles. The number of rotatable bonds is 4. The normalized spacial score (nSPS) is 12.7. The number of benzene rings is 1. The molecule has 0 fully saturated rings. The van der Waals surface area contributed by atoms with Crippen molar-refractivity contribution in [3.05, 3.63) is 49.9 Å². The molecule has 2 rings (SSSR count). The van der Waals surface area contributed by atoms with Crippen molar-refractivity contribution < 1.29 is 0 Å². The van der Waals surface area contributed by atoms with E-state index in [4.69, 9.17) is 29.0 Å². The maximum absolute atomic E-state index is 6.17. The smallest absolute Gasteiger partial charge is 0.0897 e. The van der Waals surface area contributed by atoms with Gasteiger partial charge in [0.25, 0.3) is 0 Å². The van der Waals surface area contributed by atoms with Gasteiger partial charge in [-0.05, 0) is 25.0 Å². The van der Waals surface area contributed by atoms with E-state index in [1.54, 1.807) is 17.4 Å². The highest BCUT2D eigenvalue weighted by molar-refractivity contribution is 7.11. The molecule has 0 saturated heterocycles. The van der Waals surface area contributed by atoms with Crippen molar-refractivity contribution in [2.45, 2.75) is 19.4 Å². The van der Waals surface area contributed by atoms with E-state index in [0.717, 1.165) is 15.4 Å². The fourth-order valence-corrected chi connectivity index (χ4v) is 2.95. The summed E-state index contributed by atoms with van der Waals surface area (Å²) in [4.78, 5) is 5.32. The Hall–Kier alpha value is -0.650. The molecule has 0 amide bonds. The molecule has 0 radical (unpaired) electrons. The first-order valence-electron chi connectivity index (χ1n) is 5.43. The van der Waals surface area contributed by atoms with Crippen LogP contribution in [-0.4, -0.2) is 4.98 Å². The lowest BCUT2D eigenvalue weighted by Crippen LogP contribution is -2.29. The number of halogens is 2. The van der Waals surface area contributed by atoms with Crippen LogP contribution in [0.15, 0.2) is 24.4 Å². The molecule has 2 aromatic rings. The van der Waals surface area contributed by atoms with E-state index in [1.807, 2.05) is 25.3 Å². The first-order chi connectivity index (χ1) is 8.61. The van der Waals surface area contributed by atoms with Crippen LogP contribution < -0.4 is 11.3 Å². The van der Waals surface area contributed by atoms with Crippen LogP contribution in [0.1, 0.15) is 21.5 Å². The molecule has 96 valence electrons. The van der Waals surface area contributed by atoms with E-state index in [1.165, 1.54) is 0 Å². The summed E-state index contributed by atoms with van der Waals surface area (Å²) in [6.07, 6.45) is 2.51. The number of aromatic nitrogens is 1. The highest BCUT2D eigenvalue weighted by atomic mass is 35.5. The molecule has 1 aromatic carbocycles. The van der Waals surface area contributed by atoms with Crippen molar-refractivity contribution in [2.24, 2.45) is 5.84 Å². The van der Waals surface area contributed by atoms with Crippen LogP contribution in [0.4, 0.5) is 0 Å². The Morgan fingerprint density at radius 1 is 1.44 bits per heavy atom. The van der Waals surface area contributed by atoms with Gasteiger partial charge < -0.3 is 0 Å².